The molecule has 1 unspecified atom stereocenters. The lowest BCUT2D eigenvalue weighted by atomic mass is 9.95. The van der Waals surface area contributed by atoms with Crippen LogP contribution >= 0.6 is 11.3 Å². The molecular formula is C13H19NO3S. The first-order valence-corrected chi connectivity index (χ1v) is 7.23. The molecule has 4 nitrogen and oxygen atoms in total. The summed E-state index contributed by atoms with van der Waals surface area (Å²) in [6, 6.07) is 0. The van der Waals surface area contributed by atoms with Gasteiger partial charge in [0.1, 0.15) is 10.9 Å². The van der Waals surface area contributed by atoms with E-state index in [-0.39, 0.29) is 5.92 Å². The van der Waals surface area contributed by atoms with Gasteiger partial charge in [0, 0.05) is 24.5 Å². The fourth-order valence-electron chi connectivity index (χ4n) is 2.30. The number of nitrogens with zero attached hydrogens (tertiary/aromatic N) is 1. The maximum absolute atomic E-state index is 11.3. The number of thiazole rings is 1. The Kier molecular flexibility index (Phi) is 4.35. The van der Waals surface area contributed by atoms with Gasteiger partial charge in [-0.15, -0.1) is 11.3 Å². The Morgan fingerprint density at radius 2 is 2.17 bits per heavy atom. The monoisotopic (exact) mass is 269 g/mol. The van der Waals surface area contributed by atoms with Crippen LogP contribution in [0.2, 0.25) is 0 Å². The molecule has 0 aliphatic carbocycles. The second-order valence-electron chi connectivity index (χ2n) is 5.06. The van der Waals surface area contributed by atoms with Crippen LogP contribution in [0, 0.1) is 5.92 Å². The van der Waals surface area contributed by atoms with Gasteiger partial charge < -0.3 is 9.84 Å². The highest BCUT2D eigenvalue weighted by atomic mass is 32.1. The van der Waals surface area contributed by atoms with Gasteiger partial charge in [-0.1, -0.05) is 13.8 Å². The lowest BCUT2D eigenvalue weighted by Gasteiger charge is -2.20. The zero-order chi connectivity index (χ0) is 13.1. The molecule has 1 aliphatic heterocycles. The Balaban J connectivity index is 2.15. The lowest BCUT2D eigenvalue weighted by molar-refractivity contribution is -0.139. The summed E-state index contributed by atoms with van der Waals surface area (Å²) >= 11 is 1.48. The second kappa shape index (κ2) is 5.80. The van der Waals surface area contributed by atoms with Gasteiger partial charge in [-0.3, -0.25) is 4.79 Å². The van der Waals surface area contributed by atoms with E-state index in [0.29, 0.717) is 5.92 Å². The molecule has 1 saturated heterocycles. The van der Waals surface area contributed by atoms with Crippen molar-refractivity contribution in [3.05, 3.63) is 16.1 Å². The molecule has 0 saturated carbocycles. The Hall–Kier alpha value is -0.940. The zero-order valence-corrected chi connectivity index (χ0v) is 11.6. The summed E-state index contributed by atoms with van der Waals surface area (Å²) in [5, 5.41) is 12.0. The molecule has 1 fully saturated rings. The molecule has 100 valence electrons. The molecule has 18 heavy (non-hydrogen) atoms. The first-order chi connectivity index (χ1) is 8.59. The number of ether oxygens (including phenoxy) is 1. The van der Waals surface area contributed by atoms with Crippen LogP contribution in [0.25, 0.3) is 0 Å². The van der Waals surface area contributed by atoms with E-state index >= 15 is 0 Å². The number of carboxylic acids is 1. The largest absolute Gasteiger partial charge is 0.481 e. The fraction of sp³-hybridized carbons (Fsp3) is 0.692. The van der Waals surface area contributed by atoms with Gasteiger partial charge in [0.05, 0.1) is 5.69 Å². The zero-order valence-electron chi connectivity index (χ0n) is 10.8. The van der Waals surface area contributed by atoms with E-state index in [1.165, 1.54) is 11.3 Å². The van der Waals surface area contributed by atoms with Crippen LogP contribution in [0.1, 0.15) is 49.2 Å². The molecule has 0 spiro atoms. The predicted octanol–water partition coefficient (Wildman–Crippen LogP) is 2.86. The molecule has 2 rings (SSSR count). The predicted molar refractivity (Wildman–Crippen MR) is 70.1 cm³/mol. The molecule has 0 radical (unpaired) electrons. The number of hydrogen-bond acceptors (Lipinski definition) is 4. The van der Waals surface area contributed by atoms with Crippen molar-refractivity contribution in [1.29, 1.82) is 0 Å². The molecule has 0 amide bonds. The summed E-state index contributed by atoms with van der Waals surface area (Å²) < 4.78 is 5.33. The van der Waals surface area contributed by atoms with E-state index in [9.17, 15) is 9.90 Å². The van der Waals surface area contributed by atoms with Gasteiger partial charge in [0.15, 0.2) is 0 Å². The average Bonchev–Trinajstić information content (AvgIpc) is 2.78. The maximum Gasteiger partial charge on any atom is 0.313 e. The van der Waals surface area contributed by atoms with Gasteiger partial charge >= 0.3 is 5.97 Å². The molecule has 1 aliphatic rings. The van der Waals surface area contributed by atoms with Crippen molar-refractivity contribution < 1.29 is 14.6 Å². The van der Waals surface area contributed by atoms with Gasteiger partial charge in [-0.25, -0.2) is 4.98 Å². The Morgan fingerprint density at radius 1 is 1.50 bits per heavy atom. The first-order valence-electron chi connectivity index (χ1n) is 6.35. The smallest absolute Gasteiger partial charge is 0.313 e. The van der Waals surface area contributed by atoms with E-state index in [0.717, 1.165) is 36.8 Å². The summed E-state index contributed by atoms with van der Waals surface area (Å²) in [6.45, 7) is 5.41. The van der Waals surface area contributed by atoms with Crippen LogP contribution in [0.15, 0.2) is 5.38 Å². The molecule has 0 aromatic carbocycles. The van der Waals surface area contributed by atoms with Crippen LogP contribution in [-0.4, -0.2) is 29.3 Å². The van der Waals surface area contributed by atoms with E-state index in [4.69, 9.17) is 4.74 Å². The number of carbonyl (C=O) groups is 1. The molecule has 1 aromatic rings. The number of rotatable bonds is 4. The normalized spacial score (nSPS) is 19.1. The third kappa shape index (κ3) is 2.90. The highest BCUT2D eigenvalue weighted by molar-refractivity contribution is 7.09. The van der Waals surface area contributed by atoms with Crippen molar-refractivity contribution in [2.75, 3.05) is 13.2 Å². The van der Waals surface area contributed by atoms with Gasteiger partial charge in [0.25, 0.3) is 0 Å². The minimum Gasteiger partial charge on any atom is -0.481 e. The standard InChI is InChI=1S/C13H19NO3S/c1-8(2)11(13(15)16)12-14-10(7-18-12)9-3-5-17-6-4-9/h7-9,11H,3-6H2,1-2H3,(H,15,16). The molecule has 1 atom stereocenters. The van der Waals surface area contributed by atoms with Gasteiger partial charge in [0.2, 0.25) is 0 Å². The first kappa shape index (κ1) is 13.5. The summed E-state index contributed by atoms with van der Waals surface area (Å²) in [6.07, 6.45) is 1.98. The summed E-state index contributed by atoms with van der Waals surface area (Å²) in [5.74, 6) is -0.761. The van der Waals surface area contributed by atoms with Crippen LogP contribution < -0.4 is 0 Å². The molecule has 1 N–H and O–H groups in total. The Bertz CT molecular complexity index is 410. The fourth-order valence-corrected chi connectivity index (χ4v) is 3.46. The number of carboxylic acid groups (broad SMARTS) is 1. The topological polar surface area (TPSA) is 59.4 Å². The highest BCUT2D eigenvalue weighted by Gasteiger charge is 2.28. The highest BCUT2D eigenvalue weighted by Crippen LogP contribution is 2.32. The van der Waals surface area contributed by atoms with Crippen LogP contribution in [0.5, 0.6) is 0 Å². The van der Waals surface area contributed by atoms with Crippen molar-refractivity contribution in [1.82, 2.24) is 4.98 Å². The van der Waals surface area contributed by atoms with Crippen molar-refractivity contribution >= 4 is 17.3 Å². The van der Waals surface area contributed by atoms with Crippen molar-refractivity contribution in [2.24, 2.45) is 5.92 Å². The van der Waals surface area contributed by atoms with Gasteiger partial charge in [-0.2, -0.15) is 0 Å². The Labute approximate surface area is 111 Å². The number of aromatic nitrogens is 1. The van der Waals surface area contributed by atoms with Crippen LogP contribution in [-0.2, 0) is 9.53 Å². The van der Waals surface area contributed by atoms with Crippen molar-refractivity contribution in [3.8, 4) is 0 Å². The molecular weight excluding hydrogens is 250 g/mol. The summed E-state index contributed by atoms with van der Waals surface area (Å²) in [4.78, 5) is 15.8. The maximum atomic E-state index is 11.3. The minimum absolute atomic E-state index is 0.0659. The summed E-state index contributed by atoms with van der Waals surface area (Å²) in [7, 11) is 0. The van der Waals surface area contributed by atoms with E-state index < -0.39 is 11.9 Å². The van der Waals surface area contributed by atoms with Crippen molar-refractivity contribution in [2.45, 2.75) is 38.5 Å². The number of hydrogen-bond donors (Lipinski definition) is 1. The molecule has 2 heterocycles. The van der Waals surface area contributed by atoms with Gasteiger partial charge in [-0.05, 0) is 18.8 Å². The molecule has 1 aromatic heterocycles. The third-order valence-electron chi connectivity index (χ3n) is 3.38. The third-order valence-corrected chi connectivity index (χ3v) is 4.32. The van der Waals surface area contributed by atoms with Crippen molar-refractivity contribution in [3.63, 3.8) is 0 Å². The van der Waals surface area contributed by atoms with Crippen LogP contribution in [0.4, 0.5) is 0 Å². The van der Waals surface area contributed by atoms with E-state index in [2.05, 4.69) is 4.98 Å². The summed E-state index contributed by atoms with van der Waals surface area (Å²) in [5.41, 5.74) is 1.05. The molecule has 0 bridgehead atoms. The number of aliphatic carboxylic acids is 1. The van der Waals surface area contributed by atoms with E-state index in [1.807, 2.05) is 19.2 Å². The quantitative estimate of drug-likeness (QED) is 0.913. The Morgan fingerprint density at radius 3 is 2.72 bits per heavy atom. The second-order valence-corrected chi connectivity index (χ2v) is 5.95. The van der Waals surface area contributed by atoms with Crippen LogP contribution in [0.3, 0.4) is 0 Å². The minimum atomic E-state index is -0.780. The lowest BCUT2D eigenvalue weighted by Crippen LogP contribution is -2.18. The average molecular weight is 269 g/mol. The SMILES string of the molecule is CC(C)C(C(=O)O)c1nc(C2CCOCC2)cs1. The van der Waals surface area contributed by atoms with E-state index in [1.54, 1.807) is 0 Å². The molecule has 5 heteroatoms.